The van der Waals surface area contributed by atoms with Crippen molar-refractivity contribution in [2.75, 3.05) is 13.2 Å². The van der Waals surface area contributed by atoms with E-state index in [4.69, 9.17) is 15.6 Å². The van der Waals surface area contributed by atoms with Crippen LogP contribution >= 0.6 is 0 Å². The Bertz CT molecular complexity index is 225. The molecule has 4 N–H and O–H groups in total. The van der Waals surface area contributed by atoms with Gasteiger partial charge in [0, 0.05) is 19.4 Å². The summed E-state index contributed by atoms with van der Waals surface area (Å²) in [5, 5.41) is 11.4. The van der Waals surface area contributed by atoms with Gasteiger partial charge in [-0.3, -0.25) is 14.9 Å². The Labute approximate surface area is 81.4 Å². The van der Waals surface area contributed by atoms with Crippen molar-refractivity contribution in [1.82, 2.24) is 5.32 Å². The molecule has 0 amide bonds. The second kappa shape index (κ2) is 5.04. The highest BCUT2D eigenvalue weighted by molar-refractivity contribution is 5.85. The van der Waals surface area contributed by atoms with Crippen molar-refractivity contribution in [1.29, 1.82) is 0 Å². The van der Waals surface area contributed by atoms with Gasteiger partial charge in [0.2, 0.25) is 0 Å². The molecule has 1 aliphatic rings. The van der Waals surface area contributed by atoms with Crippen molar-refractivity contribution < 1.29 is 19.4 Å². The van der Waals surface area contributed by atoms with Gasteiger partial charge in [-0.05, 0) is 0 Å². The van der Waals surface area contributed by atoms with Crippen molar-refractivity contribution in [3.63, 3.8) is 0 Å². The molecule has 1 saturated heterocycles. The molecule has 1 fully saturated rings. The van der Waals surface area contributed by atoms with Gasteiger partial charge in [0.25, 0.3) is 0 Å². The number of carbonyl (C=O) groups is 2. The maximum Gasteiger partial charge on any atom is 0.320 e. The minimum Gasteiger partial charge on any atom is -0.480 e. The number of hydrogen-bond acceptors (Lipinski definition) is 5. The summed E-state index contributed by atoms with van der Waals surface area (Å²) < 4.78 is 5.15. The number of carboxylic acids is 1. The van der Waals surface area contributed by atoms with Crippen LogP contribution in [-0.2, 0) is 14.3 Å². The number of rotatable bonds is 5. The zero-order chi connectivity index (χ0) is 10.6. The summed E-state index contributed by atoms with van der Waals surface area (Å²) in [7, 11) is 0. The number of ketones is 1. The van der Waals surface area contributed by atoms with Crippen LogP contribution in [0, 0.1) is 0 Å². The number of carbonyl (C=O) groups excluding carboxylic acids is 1. The molecular weight excluding hydrogens is 188 g/mol. The molecule has 0 aromatic carbocycles. The van der Waals surface area contributed by atoms with E-state index in [1.807, 2.05) is 0 Å². The zero-order valence-electron chi connectivity index (χ0n) is 7.73. The molecule has 1 aliphatic heterocycles. The van der Waals surface area contributed by atoms with Gasteiger partial charge in [-0.25, -0.2) is 0 Å². The second-order valence-corrected chi connectivity index (χ2v) is 3.21. The highest BCUT2D eigenvalue weighted by atomic mass is 16.5. The molecule has 2 unspecified atom stereocenters. The van der Waals surface area contributed by atoms with E-state index in [-0.39, 0.29) is 24.9 Å². The van der Waals surface area contributed by atoms with Gasteiger partial charge < -0.3 is 15.6 Å². The molecule has 2 atom stereocenters. The molecule has 0 saturated carbocycles. The molecule has 0 aromatic heterocycles. The summed E-state index contributed by atoms with van der Waals surface area (Å²) in [5.74, 6) is -1.35. The lowest BCUT2D eigenvalue weighted by atomic mass is 10.1. The van der Waals surface area contributed by atoms with E-state index in [1.54, 1.807) is 0 Å². The first-order valence-electron chi connectivity index (χ1n) is 4.44. The number of nitrogens with two attached hydrogens (primary N) is 1. The van der Waals surface area contributed by atoms with Crippen LogP contribution in [0.1, 0.15) is 12.8 Å². The molecule has 6 heteroatoms. The van der Waals surface area contributed by atoms with Crippen LogP contribution in [0.5, 0.6) is 0 Å². The summed E-state index contributed by atoms with van der Waals surface area (Å²) in [5.41, 5.74) is 5.21. The minimum absolute atomic E-state index is 0.142. The Hall–Kier alpha value is -0.980. The first-order chi connectivity index (χ1) is 6.59. The van der Waals surface area contributed by atoms with Crippen LogP contribution in [0.3, 0.4) is 0 Å². The van der Waals surface area contributed by atoms with E-state index in [0.29, 0.717) is 6.61 Å². The van der Waals surface area contributed by atoms with E-state index >= 15 is 0 Å². The molecule has 0 aromatic rings. The predicted octanol–water partition coefficient (Wildman–Crippen LogP) is -1.31. The van der Waals surface area contributed by atoms with Gasteiger partial charge in [0.1, 0.15) is 18.1 Å². The van der Waals surface area contributed by atoms with Crippen molar-refractivity contribution in [2.45, 2.75) is 25.1 Å². The van der Waals surface area contributed by atoms with E-state index in [9.17, 15) is 9.59 Å². The lowest BCUT2D eigenvalue weighted by molar-refractivity contribution is -0.140. The first kappa shape index (κ1) is 11.1. The number of hydrogen-bond donors (Lipinski definition) is 3. The molecule has 0 aliphatic carbocycles. The maximum absolute atomic E-state index is 11.3. The summed E-state index contributed by atoms with van der Waals surface area (Å²) in [4.78, 5) is 21.6. The van der Waals surface area contributed by atoms with Gasteiger partial charge in [-0.1, -0.05) is 0 Å². The summed E-state index contributed by atoms with van der Waals surface area (Å²) in [6.45, 7) is 1.31. The van der Waals surface area contributed by atoms with Gasteiger partial charge in [0.15, 0.2) is 0 Å². The van der Waals surface area contributed by atoms with E-state index < -0.39 is 12.0 Å². The second-order valence-electron chi connectivity index (χ2n) is 3.21. The van der Waals surface area contributed by atoms with Crippen molar-refractivity contribution >= 4 is 11.8 Å². The monoisotopic (exact) mass is 202 g/mol. The lowest BCUT2D eigenvalue weighted by Gasteiger charge is -2.10. The van der Waals surface area contributed by atoms with Gasteiger partial charge in [-0.2, -0.15) is 0 Å². The number of nitrogens with one attached hydrogen (secondary N) is 1. The van der Waals surface area contributed by atoms with Gasteiger partial charge in [0.05, 0.1) is 6.61 Å². The Kier molecular flexibility index (Phi) is 3.99. The molecular formula is C8H14N2O4. The Balaban J connectivity index is 2.24. The number of Topliss-reactive ketones (excluding diaryl/α,β-unsaturated/α-hetero) is 1. The number of ether oxygens (including phenoxy) is 1. The molecule has 0 bridgehead atoms. The summed E-state index contributed by atoms with van der Waals surface area (Å²) in [6.07, 6.45) is -0.235. The van der Waals surface area contributed by atoms with Crippen molar-refractivity contribution in [3.8, 4) is 0 Å². The van der Waals surface area contributed by atoms with Gasteiger partial charge in [-0.15, -0.1) is 0 Å². The third-order valence-electron chi connectivity index (χ3n) is 1.97. The van der Waals surface area contributed by atoms with Gasteiger partial charge >= 0.3 is 5.97 Å². The zero-order valence-corrected chi connectivity index (χ0v) is 7.73. The average molecular weight is 202 g/mol. The average Bonchev–Trinajstić information content (AvgIpc) is 2.56. The third kappa shape index (κ3) is 3.41. The largest absolute Gasteiger partial charge is 0.480 e. The molecule has 0 spiro atoms. The SMILES string of the molecule is NC(CC(=O)CC1NCCO1)C(=O)O. The first-order valence-corrected chi connectivity index (χ1v) is 4.44. The topological polar surface area (TPSA) is 102 Å². The molecule has 80 valence electrons. The quantitative estimate of drug-likeness (QED) is 0.512. The normalized spacial score (nSPS) is 23.4. The van der Waals surface area contributed by atoms with Crippen LogP contribution < -0.4 is 11.1 Å². The summed E-state index contributed by atoms with van der Waals surface area (Å²) >= 11 is 0. The lowest BCUT2D eigenvalue weighted by Crippen LogP contribution is -2.34. The fourth-order valence-electron chi connectivity index (χ4n) is 1.23. The van der Waals surface area contributed by atoms with Crippen molar-refractivity contribution in [2.24, 2.45) is 5.73 Å². The third-order valence-corrected chi connectivity index (χ3v) is 1.97. The van der Waals surface area contributed by atoms with Crippen LogP contribution in [0.15, 0.2) is 0 Å². The summed E-state index contributed by atoms with van der Waals surface area (Å²) in [6, 6.07) is -1.11. The highest BCUT2D eigenvalue weighted by Gasteiger charge is 2.21. The molecule has 1 heterocycles. The van der Waals surface area contributed by atoms with Crippen LogP contribution in [-0.4, -0.2) is 42.3 Å². The molecule has 14 heavy (non-hydrogen) atoms. The number of carboxylic acid groups (broad SMARTS) is 1. The molecule has 6 nitrogen and oxygen atoms in total. The fraction of sp³-hybridized carbons (Fsp3) is 0.750. The molecule has 1 rings (SSSR count). The van der Waals surface area contributed by atoms with E-state index in [1.165, 1.54) is 0 Å². The van der Waals surface area contributed by atoms with Crippen molar-refractivity contribution in [3.05, 3.63) is 0 Å². The molecule has 0 radical (unpaired) electrons. The highest BCUT2D eigenvalue weighted by Crippen LogP contribution is 2.04. The van der Waals surface area contributed by atoms with Crippen LogP contribution in [0.2, 0.25) is 0 Å². The fourth-order valence-corrected chi connectivity index (χ4v) is 1.23. The smallest absolute Gasteiger partial charge is 0.320 e. The Morgan fingerprint density at radius 2 is 2.36 bits per heavy atom. The number of aliphatic carboxylic acids is 1. The Morgan fingerprint density at radius 3 is 2.86 bits per heavy atom. The Morgan fingerprint density at radius 1 is 1.64 bits per heavy atom. The van der Waals surface area contributed by atoms with Crippen LogP contribution in [0.4, 0.5) is 0 Å². The van der Waals surface area contributed by atoms with Crippen LogP contribution in [0.25, 0.3) is 0 Å². The van der Waals surface area contributed by atoms with E-state index in [0.717, 1.165) is 6.54 Å². The minimum atomic E-state index is -1.15. The predicted molar refractivity (Wildman–Crippen MR) is 47.6 cm³/mol. The van der Waals surface area contributed by atoms with E-state index in [2.05, 4.69) is 5.32 Å². The maximum atomic E-state index is 11.3. The standard InChI is InChI=1S/C8H14N2O4/c9-6(8(12)13)3-5(11)4-7-10-1-2-14-7/h6-7,10H,1-4,9H2,(H,12,13).